The van der Waals surface area contributed by atoms with Gasteiger partial charge in [0.2, 0.25) is 0 Å². The molecular formula is C17H19ClF4N2OS. The van der Waals surface area contributed by atoms with Crippen LogP contribution in [0.1, 0.15) is 16.5 Å². The van der Waals surface area contributed by atoms with Crippen LogP contribution in [0.25, 0.3) is 0 Å². The molecule has 1 N–H and O–H groups in total. The minimum atomic E-state index is -4.53. The fourth-order valence-electron chi connectivity index (χ4n) is 2.91. The molecule has 144 valence electrons. The predicted octanol–water partition coefficient (Wildman–Crippen LogP) is 4.40. The van der Waals surface area contributed by atoms with Crippen molar-refractivity contribution in [3.63, 3.8) is 0 Å². The molecule has 3 rings (SSSR count). The van der Waals surface area contributed by atoms with E-state index in [4.69, 9.17) is 0 Å². The molecule has 1 aromatic heterocycles. The molecule has 1 aliphatic heterocycles. The Labute approximate surface area is 159 Å². The lowest BCUT2D eigenvalue weighted by molar-refractivity contribution is -0.253. The van der Waals surface area contributed by atoms with Gasteiger partial charge < -0.3 is 10.1 Å². The Morgan fingerprint density at radius 2 is 1.77 bits per heavy atom. The van der Waals surface area contributed by atoms with Crippen molar-refractivity contribution < 1.29 is 22.3 Å². The van der Waals surface area contributed by atoms with E-state index in [2.05, 4.69) is 15.0 Å². The number of hydrogen-bond donors (Lipinski definition) is 1. The number of thiophene rings is 1. The van der Waals surface area contributed by atoms with Crippen LogP contribution in [0.4, 0.5) is 17.6 Å². The van der Waals surface area contributed by atoms with Crippen LogP contribution < -0.4 is 10.1 Å². The molecule has 0 bridgehead atoms. The maximum atomic E-state index is 13.5. The quantitative estimate of drug-likeness (QED) is 0.714. The monoisotopic (exact) mass is 410 g/mol. The second kappa shape index (κ2) is 9.03. The molecule has 0 aliphatic carbocycles. The van der Waals surface area contributed by atoms with Gasteiger partial charge in [0.1, 0.15) is 5.75 Å². The van der Waals surface area contributed by atoms with Gasteiger partial charge in [-0.1, -0.05) is 24.3 Å². The van der Waals surface area contributed by atoms with E-state index >= 15 is 0 Å². The summed E-state index contributed by atoms with van der Waals surface area (Å²) in [5.41, 5.74) is 0.465. The average molecular weight is 411 g/mol. The Morgan fingerprint density at radius 1 is 1.08 bits per heavy atom. The number of ether oxygens (including phenoxy) is 1. The van der Waals surface area contributed by atoms with E-state index in [1.165, 1.54) is 23.5 Å². The largest absolute Gasteiger partial charge is 0.461 e. The van der Waals surface area contributed by atoms with Crippen LogP contribution >= 0.6 is 23.7 Å². The fourth-order valence-corrected chi connectivity index (χ4v) is 3.78. The van der Waals surface area contributed by atoms with Gasteiger partial charge in [-0.05, 0) is 17.5 Å². The molecule has 1 aromatic carbocycles. The molecule has 0 radical (unpaired) electrons. The third-order valence-electron chi connectivity index (χ3n) is 4.04. The number of halogens is 5. The Bertz CT molecular complexity index is 681. The molecule has 0 amide bonds. The molecular weight excluding hydrogens is 392 g/mol. The van der Waals surface area contributed by atoms with E-state index in [-0.39, 0.29) is 24.2 Å². The minimum absolute atomic E-state index is 0. The topological polar surface area (TPSA) is 24.5 Å². The van der Waals surface area contributed by atoms with Gasteiger partial charge in [0.15, 0.2) is 0 Å². The first-order valence-electron chi connectivity index (χ1n) is 7.91. The van der Waals surface area contributed by atoms with Crippen molar-refractivity contribution >= 4 is 23.7 Å². The summed E-state index contributed by atoms with van der Waals surface area (Å²) in [7, 11) is 0. The number of alkyl halides is 4. The molecule has 9 heteroatoms. The van der Waals surface area contributed by atoms with E-state index in [1.807, 2.05) is 17.5 Å². The standard InChI is InChI=1S/C17H18F4N2OS.ClH/c18-16(19)17(20,21)24-13-5-2-1-4-12(13)15(14-6-3-11-25-14)23-9-7-22-8-10-23;/h1-6,11,15-16,22H,7-10H2;1H/t15-;/m1./s1. The summed E-state index contributed by atoms with van der Waals surface area (Å²) in [4.78, 5) is 3.10. The maximum absolute atomic E-state index is 13.5. The number of nitrogens with zero attached hydrogens (tertiary/aromatic N) is 1. The van der Waals surface area contributed by atoms with Crippen LogP contribution in [-0.4, -0.2) is 43.6 Å². The van der Waals surface area contributed by atoms with Crippen LogP contribution in [0.5, 0.6) is 5.75 Å². The molecule has 0 saturated carbocycles. The highest BCUT2D eigenvalue weighted by Gasteiger charge is 2.44. The summed E-state index contributed by atoms with van der Waals surface area (Å²) in [5, 5.41) is 5.15. The number of piperazine rings is 1. The first kappa shape index (κ1) is 21.0. The SMILES string of the molecule is Cl.FC(F)C(F)(F)Oc1ccccc1[C@H](c1cccs1)N1CCNCC1. The van der Waals surface area contributed by atoms with Crippen molar-refractivity contribution in [1.29, 1.82) is 0 Å². The lowest BCUT2D eigenvalue weighted by Gasteiger charge is -2.35. The molecule has 3 nitrogen and oxygen atoms in total. The molecule has 2 heterocycles. The summed E-state index contributed by atoms with van der Waals surface area (Å²) in [6, 6.07) is 9.66. The van der Waals surface area contributed by atoms with Gasteiger partial charge in [0.05, 0.1) is 6.04 Å². The van der Waals surface area contributed by atoms with Gasteiger partial charge in [-0.15, -0.1) is 23.7 Å². The molecule has 1 fully saturated rings. The van der Waals surface area contributed by atoms with Gasteiger partial charge in [0.25, 0.3) is 0 Å². The van der Waals surface area contributed by atoms with Crippen LogP contribution in [0.2, 0.25) is 0 Å². The van der Waals surface area contributed by atoms with Gasteiger partial charge in [-0.3, -0.25) is 4.90 Å². The highest BCUT2D eigenvalue weighted by Crippen LogP contribution is 2.39. The Kier molecular flexibility index (Phi) is 7.28. The summed E-state index contributed by atoms with van der Waals surface area (Å²) in [5.74, 6) is -0.218. The van der Waals surface area contributed by atoms with Gasteiger partial charge in [-0.2, -0.15) is 17.6 Å². The van der Waals surface area contributed by atoms with Crippen molar-refractivity contribution in [1.82, 2.24) is 10.2 Å². The first-order chi connectivity index (χ1) is 12.0. The van der Waals surface area contributed by atoms with Crippen molar-refractivity contribution in [2.75, 3.05) is 26.2 Å². The molecule has 1 saturated heterocycles. The fraction of sp³-hybridized carbons (Fsp3) is 0.412. The van der Waals surface area contributed by atoms with E-state index in [0.717, 1.165) is 31.1 Å². The molecule has 0 unspecified atom stereocenters. The van der Waals surface area contributed by atoms with Crippen LogP contribution in [0.15, 0.2) is 41.8 Å². The molecule has 26 heavy (non-hydrogen) atoms. The minimum Gasteiger partial charge on any atom is -0.428 e. The Balaban J connectivity index is 0.00000243. The van der Waals surface area contributed by atoms with E-state index < -0.39 is 12.5 Å². The number of rotatable bonds is 6. The Morgan fingerprint density at radius 3 is 2.38 bits per heavy atom. The Hall–Kier alpha value is -1.35. The van der Waals surface area contributed by atoms with Gasteiger partial charge in [-0.25, -0.2) is 0 Å². The summed E-state index contributed by atoms with van der Waals surface area (Å²) < 4.78 is 56.5. The third kappa shape index (κ3) is 4.68. The molecule has 1 aliphatic rings. The number of benzene rings is 1. The zero-order valence-corrected chi connectivity index (χ0v) is 15.3. The zero-order valence-electron chi connectivity index (χ0n) is 13.7. The second-order valence-electron chi connectivity index (χ2n) is 5.71. The highest BCUT2D eigenvalue weighted by molar-refractivity contribution is 7.10. The highest BCUT2D eigenvalue weighted by atomic mass is 35.5. The van der Waals surface area contributed by atoms with Crippen LogP contribution in [-0.2, 0) is 0 Å². The first-order valence-corrected chi connectivity index (χ1v) is 8.79. The van der Waals surface area contributed by atoms with E-state index in [1.54, 1.807) is 12.1 Å². The predicted molar refractivity (Wildman–Crippen MR) is 95.9 cm³/mol. The molecule has 0 spiro atoms. The maximum Gasteiger partial charge on any atom is 0.461 e. The summed E-state index contributed by atoms with van der Waals surface area (Å²) in [6.45, 7) is 3.00. The number of nitrogens with one attached hydrogen (secondary N) is 1. The van der Waals surface area contributed by atoms with Crippen LogP contribution in [0, 0.1) is 0 Å². The number of para-hydroxylation sites is 1. The van der Waals surface area contributed by atoms with Gasteiger partial charge in [0, 0.05) is 36.6 Å². The van der Waals surface area contributed by atoms with Crippen LogP contribution in [0.3, 0.4) is 0 Å². The normalized spacial score (nSPS) is 17.0. The van der Waals surface area contributed by atoms with E-state index in [9.17, 15) is 17.6 Å². The zero-order chi connectivity index (χ0) is 17.9. The van der Waals surface area contributed by atoms with Crippen molar-refractivity contribution in [2.45, 2.75) is 18.6 Å². The van der Waals surface area contributed by atoms with Crippen molar-refractivity contribution in [3.8, 4) is 5.75 Å². The lowest BCUT2D eigenvalue weighted by Crippen LogP contribution is -2.45. The lowest BCUT2D eigenvalue weighted by atomic mass is 10.0. The molecule has 1 atom stereocenters. The van der Waals surface area contributed by atoms with Gasteiger partial charge >= 0.3 is 12.5 Å². The molecule has 2 aromatic rings. The number of hydrogen-bond acceptors (Lipinski definition) is 4. The summed E-state index contributed by atoms with van der Waals surface area (Å²) >= 11 is 1.50. The van der Waals surface area contributed by atoms with Crippen molar-refractivity contribution in [2.24, 2.45) is 0 Å². The third-order valence-corrected chi connectivity index (χ3v) is 4.97. The smallest absolute Gasteiger partial charge is 0.428 e. The second-order valence-corrected chi connectivity index (χ2v) is 6.69. The van der Waals surface area contributed by atoms with Crippen molar-refractivity contribution in [3.05, 3.63) is 52.2 Å². The summed E-state index contributed by atoms with van der Waals surface area (Å²) in [6.07, 6.45) is -8.42. The average Bonchev–Trinajstić information content (AvgIpc) is 3.11. The van der Waals surface area contributed by atoms with E-state index in [0.29, 0.717) is 5.56 Å².